The second-order valence-electron chi connectivity index (χ2n) is 5.65. The zero-order valence-corrected chi connectivity index (χ0v) is 11.3. The number of aliphatic hydroxyl groups is 2. The molecule has 3 rings (SSSR count). The minimum absolute atomic E-state index is 0.119. The Bertz CT molecular complexity index is 492. The monoisotopic (exact) mass is 277 g/mol. The predicted octanol–water partition coefficient (Wildman–Crippen LogP) is 0.410. The van der Waals surface area contributed by atoms with E-state index in [1.54, 1.807) is 24.3 Å². The Morgan fingerprint density at radius 3 is 2.55 bits per heavy atom. The van der Waals surface area contributed by atoms with Gasteiger partial charge in [0.05, 0.1) is 17.7 Å². The molecular formula is C15H19NO4. The van der Waals surface area contributed by atoms with E-state index in [4.69, 9.17) is 4.74 Å². The van der Waals surface area contributed by atoms with Crippen LogP contribution in [0.25, 0.3) is 0 Å². The molecular weight excluding hydrogens is 258 g/mol. The summed E-state index contributed by atoms with van der Waals surface area (Å²) >= 11 is 0. The minimum Gasteiger partial charge on any atom is -0.454 e. The van der Waals surface area contributed by atoms with E-state index < -0.39 is 24.3 Å². The Kier molecular flexibility index (Phi) is 3.50. The molecule has 0 spiro atoms. The first-order valence-electron chi connectivity index (χ1n) is 6.92. The van der Waals surface area contributed by atoms with Crippen molar-refractivity contribution in [3.8, 4) is 0 Å². The Labute approximate surface area is 117 Å². The number of hydrogen-bond donors (Lipinski definition) is 2. The summed E-state index contributed by atoms with van der Waals surface area (Å²) in [6.45, 7) is 0. The van der Waals surface area contributed by atoms with Gasteiger partial charge in [-0.15, -0.1) is 0 Å². The van der Waals surface area contributed by atoms with Gasteiger partial charge < -0.3 is 14.9 Å². The van der Waals surface area contributed by atoms with Crippen LogP contribution in [0.2, 0.25) is 0 Å². The van der Waals surface area contributed by atoms with Gasteiger partial charge in [0.1, 0.15) is 12.2 Å². The van der Waals surface area contributed by atoms with Crippen LogP contribution in [0, 0.1) is 0 Å². The standard InChI is InChI=1S/C15H19NO4/c1-16-11-7-10(17)8-12(16)14(13(11)18)20-15(19)9-5-3-2-4-6-9/h2-6,10-14,17-18H,7-8H2,1H3/t10-,11-,12+,13-,14+/m1/s1. The molecule has 2 aliphatic heterocycles. The SMILES string of the molecule is CN1[C@@H]2C[C@@H](O)C[C@H]1[C@H](OC(=O)c1ccccc1)[C@@H]2O. The Hall–Kier alpha value is -1.43. The largest absolute Gasteiger partial charge is 0.454 e. The van der Waals surface area contributed by atoms with Crippen LogP contribution in [0.1, 0.15) is 23.2 Å². The lowest BCUT2D eigenvalue weighted by molar-refractivity contribution is -0.0127. The second-order valence-corrected chi connectivity index (χ2v) is 5.65. The molecule has 2 aliphatic rings. The third kappa shape index (κ3) is 2.22. The summed E-state index contributed by atoms with van der Waals surface area (Å²) in [4.78, 5) is 14.1. The zero-order valence-electron chi connectivity index (χ0n) is 11.3. The van der Waals surface area contributed by atoms with E-state index in [2.05, 4.69) is 0 Å². The zero-order chi connectivity index (χ0) is 14.3. The summed E-state index contributed by atoms with van der Waals surface area (Å²) in [6.07, 6.45) is -0.703. The van der Waals surface area contributed by atoms with E-state index in [-0.39, 0.29) is 12.1 Å². The number of carbonyl (C=O) groups is 1. The van der Waals surface area contributed by atoms with E-state index in [1.165, 1.54) is 0 Å². The molecule has 1 aromatic rings. The first-order chi connectivity index (χ1) is 9.58. The molecule has 5 heteroatoms. The quantitative estimate of drug-likeness (QED) is 0.766. The highest BCUT2D eigenvalue weighted by Gasteiger charge is 2.52. The molecule has 5 atom stereocenters. The number of benzene rings is 1. The number of likely N-dealkylation sites (N-methyl/N-ethyl adjacent to an activating group) is 1. The average Bonchev–Trinajstić information content (AvgIpc) is 2.59. The molecule has 5 nitrogen and oxygen atoms in total. The van der Waals surface area contributed by atoms with Gasteiger partial charge in [-0.05, 0) is 32.0 Å². The number of nitrogens with zero attached hydrogens (tertiary/aromatic N) is 1. The molecule has 0 aromatic heterocycles. The van der Waals surface area contributed by atoms with Crippen LogP contribution in [0.15, 0.2) is 30.3 Å². The summed E-state index contributed by atoms with van der Waals surface area (Å²) < 4.78 is 5.50. The maximum absolute atomic E-state index is 12.1. The van der Waals surface area contributed by atoms with Crippen molar-refractivity contribution in [2.45, 2.75) is 43.2 Å². The van der Waals surface area contributed by atoms with Gasteiger partial charge in [0.2, 0.25) is 0 Å². The van der Waals surface area contributed by atoms with Crippen molar-refractivity contribution in [1.29, 1.82) is 0 Å². The Morgan fingerprint density at radius 1 is 1.20 bits per heavy atom. The Morgan fingerprint density at radius 2 is 1.85 bits per heavy atom. The fourth-order valence-corrected chi connectivity index (χ4v) is 3.34. The van der Waals surface area contributed by atoms with Crippen molar-refractivity contribution in [2.24, 2.45) is 0 Å². The van der Waals surface area contributed by atoms with Gasteiger partial charge in [-0.25, -0.2) is 4.79 Å². The number of rotatable bonds is 2. The Balaban J connectivity index is 1.76. The summed E-state index contributed by atoms with van der Waals surface area (Å²) in [5.74, 6) is -0.426. The molecule has 1 aromatic carbocycles. The lowest BCUT2D eigenvalue weighted by Gasteiger charge is -2.34. The molecule has 0 radical (unpaired) electrons. The van der Waals surface area contributed by atoms with E-state index in [9.17, 15) is 15.0 Å². The highest BCUT2D eigenvalue weighted by molar-refractivity contribution is 5.89. The highest BCUT2D eigenvalue weighted by Crippen LogP contribution is 2.36. The molecule has 0 saturated carbocycles. The molecule has 2 fully saturated rings. The third-order valence-corrected chi connectivity index (χ3v) is 4.44. The van der Waals surface area contributed by atoms with Crippen molar-refractivity contribution in [1.82, 2.24) is 4.90 Å². The summed E-state index contributed by atoms with van der Waals surface area (Å²) in [5.41, 5.74) is 0.476. The third-order valence-electron chi connectivity index (χ3n) is 4.44. The van der Waals surface area contributed by atoms with Crippen LogP contribution in [0.4, 0.5) is 0 Å². The average molecular weight is 277 g/mol. The van der Waals surface area contributed by atoms with Gasteiger partial charge in [0.25, 0.3) is 0 Å². The maximum Gasteiger partial charge on any atom is 0.338 e. The van der Waals surface area contributed by atoms with Gasteiger partial charge in [-0.2, -0.15) is 0 Å². The van der Waals surface area contributed by atoms with Crippen LogP contribution in [0.3, 0.4) is 0 Å². The van der Waals surface area contributed by atoms with E-state index >= 15 is 0 Å². The number of piperidine rings is 1. The number of ether oxygens (including phenoxy) is 1. The minimum atomic E-state index is -0.741. The summed E-state index contributed by atoms with van der Waals surface area (Å²) in [5, 5.41) is 20.1. The molecule has 2 saturated heterocycles. The molecule has 2 N–H and O–H groups in total. The van der Waals surface area contributed by atoms with Crippen molar-refractivity contribution in [2.75, 3.05) is 7.05 Å². The van der Waals surface area contributed by atoms with E-state index in [0.29, 0.717) is 18.4 Å². The topological polar surface area (TPSA) is 70.0 Å². The molecule has 0 amide bonds. The van der Waals surface area contributed by atoms with Crippen LogP contribution in [-0.2, 0) is 4.74 Å². The summed E-state index contributed by atoms with van der Waals surface area (Å²) in [6, 6.07) is 8.50. The number of carbonyl (C=O) groups excluding carboxylic acids is 1. The van der Waals surface area contributed by atoms with E-state index in [0.717, 1.165) is 0 Å². The van der Waals surface area contributed by atoms with Gasteiger partial charge in [-0.1, -0.05) is 18.2 Å². The first-order valence-corrected chi connectivity index (χ1v) is 6.92. The number of esters is 1. The molecule has 20 heavy (non-hydrogen) atoms. The van der Waals surface area contributed by atoms with Crippen molar-refractivity contribution in [3.05, 3.63) is 35.9 Å². The van der Waals surface area contributed by atoms with Crippen molar-refractivity contribution >= 4 is 5.97 Å². The van der Waals surface area contributed by atoms with Gasteiger partial charge in [-0.3, -0.25) is 4.90 Å². The van der Waals surface area contributed by atoms with Crippen LogP contribution in [-0.4, -0.2) is 58.5 Å². The van der Waals surface area contributed by atoms with Gasteiger partial charge >= 0.3 is 5.97 Å². The van der Waals surface area contributed by atoms with Crippen LogP contribution >= 0.6 is 0 Å². The fraction of sp³-hybridized carbons (Fsp3) is 0.533. The smallest absolute Gasteiger partial charge is 0.338 e. The van der Waals surface area contributed by atoms with Gasteiger partial charge in [0, 0.05) is 6.04 Å². The second kappa shape index (κ2) is 5.16. The molecule has 2 bridgehead atoms. The maximum atomic E-state index is 12.1. The number of fused-ring (bicyclic) bond motifs is 2. The van der Waals surface area contributed by atoms with Crippen molar-refractivity contribution in [3.63, 3.8) is 0 Å². The van der Waals surface area contributed by atoms with Crippen LogP contribution < -0.4 is 0 Å². The normalized spacial score (nSPS) is 36.9. The molecule has 0 aliphatic carbocycles. The molecule has 108 valence electrons. The lowest BCUT2D eigenvalue weighted by Crippen LogP contribution is -2.45. The highest BCUT2D eigenvalue weighted by atomic mass is 16.6. The summed E-state index contributed by atoms with van der Waals surface area (Å²) in [7, 11) is 1.90. The lowest BCUT2D eigenvalue weighted by atomic mass is 10.0. The van der Waals surface area contributed by atoms with Crippen LogP contribution in [0.5, 0.6) is 0 Å². The number of hydrogen-bond acceptors (Lipinski definition) is 5. The first kappa shape index (κ1) is 13.5. The van der Waals surface area contributed by atoms with Crippen molar-refractivity contribution < 1.29 is 19.7 Å². The number of aliphatic hydroxyl groups excluding tert-OH is 2. The molecule has 2 heterocycles. The predicted molar refractivity (Wildman–Crippen MR) is 72.2 cm³/mol. The molecule has 0 unspecified atom stereocenters. The van der Waals surface area contributed by atoms with Gasteiger partial charge in [0.15, 0.2) is 0 Å². The fourth-order valence-electron chi connectivity index (χ4n) is 3.34. The van der Waals surface area contributed by atoms with E-state index in [1.807, 2.05) is 18.0 Å².